The lowest BCUT2D eigenvalue weighted by atomic mass is 10.0. The van der Waals surface area contributed by atoms with Crippen molar-refractivity contribution < 1.29 is 31.5 Å². The number of sulfone groups is 1. The van der Waals surface area contributed by atoms with Gasteiger partial charge in [0, 0.05) is 5.57 Å². The van der Waals surface area contributed by atoms with Gasteiger partial charge in [-0.15, -0.1) is 0 Å². The number of rotatable bonds is 3. The molecule has 2 aromatic rings. The molecule has 32 heavy (non-hydrogen) atoms. The first kappa shape index (κ1) is 22.5. The highest BCUT2D eigenvalue weighted by molar-refractivity contribution is 8.09. The second kappa shape index (κ2) is 8.17. The van der Waals surface area contributed by atoms with Crippen molar-refractivity contribution in [3.05, 3.63) is 94.1 Å². The summed E-state index contributed by atoms with van der Waals surface area (Å²) >= 11 is 0. The van der Waals surface area contributed by atoms with Gasteiger partial charge in [-0.1, -0.05) is 24.3 Å². The van der Waals surface area contributed by atoms with Crippen LogP contribution < -0.4 is 0 Å². The highest BCUT2D eigenvalue weighted by Crippen LogP contribution is 2.40. The molecule has 0 saturated carbocycles. The van der Waals surface area contributed by atoms with Crippen molar-refractivity contribution >= 4 is 25.6 Å². The van der Waals surface area contributed by atoms with E-state index in [4.69, 9.17) is 5.11 Å². The number of carboxylic acid groups (broad SMARTS) is 1. The van der Waals surface area contributed by atoms with Crippen LogP contribution in [0.4, 0.5) is 13.2 Å². The van der Waals surface area contributed by atoms with Gasteiger partial charge in [-0.2, -0.15) is 23.7 Å². The second-order valence-corrected chi connectivity index (χ2v) is 8.42. The molecule has 0 fully saturated rings. The van der Waals surface area contributed by atoms with Gasteiger partial charge < -0.3 is 5.11 Å². The number of hydrogen-bond donors (Lipinski definition) is 1. The Bertz CT molecular complexity index is 1390. The van der Waals surface area contributed by atoms with Crippen LogP contribution in [0.25, 0.3) is 9.81 Å². The van der Waals surface area contributed by atoms with Gasteiger partial charge in [0.25, 0.3) is 0 Å². The molecule has 0 unspecified atom stereocenters. The molecule has 10 heteroatoms. The largest absolute Gasteiger partial charge is 0.478 e. The fraction of sp³-hybridized carbons (Fsp3) is 0.0455. The van der Waals surface area contributed by atoms with E-state index < -0.39 is 38.0 Å². The van der Waals surface area contributed by atoms with Crippen molar-refractivity contribution in [2.45, 2.75) is 6.18 Å². The summed E-state index contributed by atoms with van der Waals surface area (Å²) in [5, 5.41) is 27.5. The maximum absolute atomic E-state index is 13.3. The zero-order chi connectivity index (χ0) is 23.7. The van der Waals surface area contributed by atoms with Crippen molar-refractivity contribution in [3.63, 3.8) is 0 Å². The molecule has 0 aliphatic carbocycles. The summed E-state index contributed by atoms with van der Waals surface area (Å²) in [6, 6.07) is 11.7. The number of alkyl halides is 3. The quantitative estimate of drug-likeness (QED) is 0.677. The number of aromatic carboxylic acids is 1. The molecule has 1 N–H and O–H groups in total. The fourth-order valence-corrected chi connectivity index (χ4v) is 4.68. The van der Waals surface area contributed by atoms with Gasteiger partial charge in [0.2, 0.25) is 9.84 Å². The lowest BCUT2D eigenvalue weighted by Crippen LogP contribution is -2.12. The summed E-state index contributed by atoms with van der Waals surface area (Å²) in [6.45, 7) is 0. The molecular formula is C22H11F3N2O4S. The molecule has 1 aliphatic rings. The molecule has 1 heterocycles. The Balaban J connectivity index is 2.28. The van der Waals surface area contributed by atoms with Crippen molar-refractivity contribution in [2.75, 3.05) is 0 Å². The van der Waals surface area contributed by atoms with Crippen LogP contribution in [0.3, 0.4) is 0 Å². The lowest BCUT2D eigenvalue weighted by molar-refractivity contribution is -0.137. The molecule has 1 aliphatic heterocycles. The van der Waals surface area contributed by atoms with Crippen molar-refractivity contribution in [1.29, 1.82) is 10.5 Å². The molecule has 0 spiro atoms. The van der Waals surface area contributed by atoms with E-state index in [-0.39, 0.29) is 27.2 Å². The monoisotopic (exact) mass is 456 g/mol. The van der Waals surface area contributed by atoms with Gasteiger partial charge in [-0.05, 0) is 47.5 Å². The van der Waals surface area contributed by atoms with Crippen LogP contribution in [-0.2, 0) is 16.0 Å². The first-order valence-corrected chi connectivity index (χ1v) is 10.2. The summed E-state index contributed by atoms with van der Waals surface area (Å²) in [5.41, 5.74) is -1.96. The standard InChI is InChI=1S/C22H11F3N2O4S/c23-22(24,25)18-3-1-2-15(8-18)20-10-16(17(11-26)12-27)9-19(32(20,30)31)13-4-6-14(7-5-13)21(28)29/h1-10H,(H,28,29). The normalized spacial score (nSPS) is 15.1. The lowest BCUT2D eigenvalue weighted by Gasteiger charge is -2.19. The van der Waals surface area contributed by atoms with E-state index in [9.17, 15) is 36.9 Å². The molecule has 3 rings (SSSR count). The average Bonchev–Trinajstić information content (AvgIpc) is 2.74. The number of nitriles is 2. The maximum atomic E-state index is 13.3. The van der Waals surface area contributed by atoms with Gasteiger partial charge in [0.1, 0.15) is 17.7 Å². The predicted molar refractivity (Wildman–Crippen MR) is 108 cm³/mol. The van der Waals surface area contributed by atoms with Crippen LogP contribution in [0.1, 0.15) is 27.0 Å². The average molecular weight is 456 g/mol. The van der Waals surface area contributed by atoms with E-state index in [2.05, 4.69) is 0 Å². The topological polar surface area (TPSA) is 119 Å². The Labute approximate surface area is 180 Å². The molecule has 0 saturated heterocycles. The Morgan fingerprint density at radius 3 is 1.97 bits per heavy atom. The van der Waals surface area contributed by atoms with Gasteiger partial charge >= 0.3 is 12.1 Å². The minimum Gasteiger partial charge on any atom is -0.478 e. The van der Waals surface area contributed by atoms with Gasteiger partial charge in [0.15, 0.2) is 0 Å². The maximum Gasteiger partial charge on any atom is 0.416 e. The van der Waals surface area contributed by atoms with E-state index in [1.54, 1.807) is 12.1 Å². The molecule has 0 radical (unpaired) electrons. The summed E-state index contributed by atoms with van der Waals surface area (Å²) in [4.78, 5) is 10.2. The van der Waals surface area contributed by atoms with Crippen molar-refractivity contribution in [2.24, 2.45) is 0 Å². The third-order valence-electron chi connectivity index (χ3n) is 4.56. The van der Waals surface area contributed by atoms with Crippen LogP contribution in [0.2, 0.25) is 0 Å². The third kappa shape index (κ3) is 4.17. The van der Waals surface area contributed by atoms with Crippen molar-refractivity contribution in [3.8, 4) is 12.1 Å². The number of nitrogens with zero attached hydrogens (tertiary/aromatic N) is 2. The zero-order valence-corrected chi connectivity index (χ0v) is 16.7. The smallest absolute Gasteiger partial charge is 0.416 e. The minimum atomic E-state index is -4.72. The van der Waals surface area contributed by atoms with E-state index in [0.29, 0.717) is 6.07 Å². The summed E-state index contributed by atoms with van der Waals surface area (Å²) in [6.07, 6.45) is -2.69. The van der Waals surface area contributed by atoms with Crippen LogP contribution >= 0.6 is 0 Å². The Kier molecular flexibility index (Phi) is 5.76. The predicted octanol–water partition coefficient (Wildman–Crippen LogP) is 4.56. The third-order valence-corrected chi connectivity index (χ3v) is 6.42. The number of benzene rings is 2. The highest BCUT2D eigenvalue weighted by atomic mass is 32.2. The molecule has 2 aromatic carbocycles. The summed E-state index contributed by atoms with van der Waals surface area (Å²) in [7, 11) is -4.39. The molecule has 6 nitrogen and oxygen atoms in total. The number of halogens is 3. The number of allylic oxidation sites excluding steroid dienone is 4. The van der Waals surface area contributed by atoms with E-state index in [0.717, 1.165) is 36.4 Å². The fourth-order valence-electron chi connectivity index (χ4n) is 3.00. The van der Waals surface area contributed by atoms with Gasteiger partial charge in [0.05, 0.1) is 20.9 Å². The Morgan fingerprint density at radius 2 is 1.47 bits per heavy atom. The molecule has 0 bridgehead atoms. The zero-order valence-electron chi connectivity index (χ0n) is 15.9. The Morgan fingerprint density at radius 1 is 0.906 bits per heavy atom. The minimum absolute atomic E-state index is 0.0419. The Hall–Kier alpha value is -4.15. The number of carbonyl (C=O) groups is 1. The van der Waals surface area contributed by atoms with Crippen LogP contribution in [0, 0.1) is 22.7 Å². The molecule has 160 valence electrons. The van der Waals surface area contributed by atoms with Gasteiger partial charge in [-0.3, -0.25) is 0 Å². The number of carboxylic acids is 1. The van der Waals surface area contributed by atoms with E-state index in [1.165, 1.54) is 18.2 Å². The van der Waals surface area contributed by atoms with Gasteiger partial charge in [-0.25, -0.2) is 13.2 Å². The van der Waals surface area contributed by atoms with Crippen LogP contribution in [-0.4, -0.2) is 19.5 Å². The van der Waals surface area contributed by atoms with Crippen LogP contribution in [0.5, 0.6) is 0 Å². The SMILES string of the molecule is N#CC(C#N)=C1C=C(c2ccc(C(=O)O)cc2)S(=O)(=O)C(c2cccc(C(F)(F)F)c2)=C1. The first-order valence-electron chi connectivity index (χ1n) is 8.73. The highest BCUT2D eigenvalue weighted by Gasteiger charge is 2.34. The van der Waals surface area contributed by atoms with Crippen LogP contribution in [0.15, 0.2) is 71.8 Å². The van der Waals surface area contributed by atoms with E-state index in [1.807, 2.05) is 0 Å². The van der Waals surface area contributed by atoms with Crippen molar-refractivity contribution in [1.82, 2.24) is 0 Å². The second-order valence-electron chi connectivity index (χ2n) is 6.54. The molecule has 0 aromatic heterocycles. The van der Waals surface area contributed by atoms with E-state index >= 15 is 0 Å². The number of hydrogen-bond acceptors (Lipinski definition) is 5. The summed E-state index contributed by atoms with van der Waals surface area (Å²) in [5.74, 6) is -1.24. The first-order chi connectivity index (χ1) is 15.0. The summed E-state index contributed by atoms with van der Waals surface area (Å²) < 4.78 is 66.1. The molecule has 0 atom stereocenters. The molecule has 0 amide bonds. The molecular weight excluding hydrogens is 445 g/mol.